The molecule has 0 aromatic heterocycles. The van der Waals surface area contributed by atoms with Gasteiger partial charge in [-0.15, -0.1) is 0 Å². The summed E-state index contributed by atoms with van der Waals surface area (Å²) in [5.41, 5.74) is 0. The van der Waals surface area contributed by atoms with Crippen molar-refractivity contribution in [3.8, 4) is 0 Å². The maximum absolute atomic E-state index is 11.2. The van der Waals surface area contributed by atoms with Crippen molar-refractivity contribution in [1.82, 2.24) is 9.03 Å². The molecule has 1 saturated heterocycles. The van der Waals surface area contributed by atoms with Crippen LogP contribution in [-0.2, 0) is 10.2 Å². The molecule has 0 aromatic rings. The molecule has 4 nitrogen and oxygen atoms in total. The fourth-order valence-corrected chi connectivity index (χ4v) is 2.87. The van der Waals surface area contributed by atoms with Crippen LogP contribution >= 0.6 is 0 Å². The van der Waals surface area contributed by atoms with E-state index in [1.807, 2.05) is 12.2 Å². The Labute approximate surface area is 66.1 Å². The van der Waals surface area contributed by atoms with Gasteiger partial charge < -0.3 is 0 Å². The summed E-state index contributed by atoms with van der Waals surface area (Å²) in [6.07, 6.45) is 4.76. The SMILES string of the molecule is O=S1(=O)NCC2CC=CCN21. The molecule has 11 heavy (non-hydrogen) atoms. The molecular formula is C6H10N2O2S. The van der Waals surface area contributed by atoms with Gasteiger partial charge in [-0.2, -0.15) is 12.7 Å². The van der Waals surface area contributed by atoms with Crippen LogP contribution in [-0.4, -0.2) is 31.9 Å². The molecule has 1 fully saturated rings. The molecule has 0 radical (unpaired) electrons. The first-order valence-corrected chi connectivity index (χ1v) is 5.05. The lowest BCUT2D eigenvalue weighted by atomic mass is 10.1. The van der Waals surface area contributed by atoms with Gasteiger partial charge in [-0.05, 0) is 6.42 Å². The van der Waals surface area contributed by atoms with E-state index in [-0.39, 0.29) is 6.04 Å². The van der Waals surface area contributed by atoms with E-state index in [2.05, 4.69) is 4.72 Å². The minimum absolute atomic E-state index is 0.157. The summed E-state index contributed by atoms with van der Waals surface area (Å²) < 4.78 is 26.4. The van der Waals surface area contributed by atoms with Crippen LogP contribution in [0.15, 0.2) is 12.2 Å². The second-order valence-electron chi connectivity index (χ2n) is 2.78. The van der Waals surface area contributed by atoms with Crippen LogP contribution in [0.5, 0.6) is 0 Å². The van der Waals surface area contributed by atoms with Crippen LogP contribution in [0.25, 0.3) is 0 Å². The lowest BCUT2D eigenvalue weighted by Crippen LogP contribution is -2.36. The molecule has 0 aromatic carbocycles. The summed E-state index contributed by atoms with van der Waals surface area (Å²) in [4.78, 5) is 0. The van der Waals surface area contributed by atoms with E-state index < -0.39 is 10.2 Å². The molecule has 2 aliphatic heterocycles. The number of fused-ring (bicyclic) bond motifs is 1. The first kappa shape index (κ1) is 7.27. The van der Waals surface area contributed by atoms with Crippen molar-refractivity contribution in [3.05, 3.63) is 12.2 Å². The largest absolute Gasteiger partial charge is 0.280 e. The predicted molar refractivity (Wildman–Crippen MR) is 41.2 cm³/mol. The van der Waals surface area contributed by atoms with Gasteiger partial charge in [0.1, 0.15) is 0 Å². The third-order valence-corrected chi connectivity index (χ3v) is 3.67. The molecular weight excluding hydrogens is 164 g/mol. The average Bonchev–Trinajstić information content (AvgIpc) is 2.29. The molecule has 2 heterocycles. The number of rotatable bonds is 0. The van der Waals surface area contributed by atoms with E-state index in [1.165, 1.54) is 4.31 Å². The van der Waals surface area contributed by atoms with Crippen molar-refractivity contribution in [2.45, 2.75) is 12.5 Å². The van der Waals surface area contributed by atoms with Gasteiger partial charge in [0.25, 0.3) is 10.2 Å². The fourth-order valence-electron chi connectivity index (χ4n) is 1.46. The van der Waals surface area contributed by atoms with Gasteiger partial charge in [-0.1, -0.05) is 12.2 Å². The Bertz CT molecular complexity index is 283. The molecule has 0 bridgehead atoms. The number of nitrogens with zero attached hydrogens (tertiary/aromatic N) is 1. The average molecular weight is 174 g/mol. The highest BCUT2D eigenvalue weighted by atomic mass is 32.2. The zero-order chi connectivity index (χ0) is 7.90. The number of hydrogen-bond donors (Lipinski definition) is 1. The fraction of sp³-hybridized carbons (Fsp3) is 0.667. The lowest BCUT2D eigenvalue weighted by molar-refractivity contribution is 0.371. The monoisotopic (exact) mass is 174 g/mol. The molecule has 62 valence electrons. The van der Waals surface area contributed by atoms with Crippen molar-refractivity contribution < 1.29 is 8.42 Å². The summed E-state index contributed by atoms with van der Waals surface area (Å²) in [6.45, 7) is 1.09. The van der Waals surface area contributed by atoms with Gasteiger partial charge in [0, 0.05) is 19.1 Å². The standard InChI is InChI=1S/C6H10N2O2S/c9-11(10)7-5-6-3-1-2-4-8(6)11/h1-2,6-7H,3-5H2. The molecule has 2 aliphatic rings. The van der Waals surface area contributed by atoms with E-state index in [1.54, 1.807) is 0 Å². The topological polar surface area (TPSA) is 49.4 Å². The van der Waals surface area contributed by atoms with E-state index in [9.17, 15) is 8.42 Å². The third-order valence-electron chi connectivity index (χ3n) is 2.08. The Kier molecular flexibility index (Phi) is 1.52. The second-order valence-corrected chi connectivity index (χ2v) is 4.49. The highest BCUT2D eigenvalue weighted by Gasteiger charge is 2.36. The Morgan fingerprint density at radius 3 is 3.00 bits per heavy atom. The number of nitrogens with one attached hydrogen (secondary N) is 1. The van der Waals surface area contributed by atoms with Crippen molar-refractivity contribution >= 4 is 10.2 Å². The Morgan fingerprint density at radius 1 is 1.45 bits per heavy atom. The van der Waals surface area contributed by atoms with Crippen molar-refractivity contribution in [1.29, 1.82) is 0 Å². The summed E-state index contributed by atoms with van der Waals surface area (Å²) in [5, 5.41) is 0. The Hall–Kier alpha value is -0.390. The van der Waals surface area contributed by atoms with Crippen LogP contribution in [0.1, 0.15) is 6.42 Å². The molecule has 1 unspecified atom stereocenters. The van der Waals surface area contributed by atoms with Crippen LogP contribution in [0.4, 0.5) is 0 Å². The van der Waals surface area contributed by atoms with Crippen LogP contribution in [0.3, 0.4) is 0 Å². The molecule has 0 aliphatic carbocycles. The van der Waals surface area contributed by atoms with Crippen molar-refractivity contribution in [2.75, 3.05) is 13.1 Å². The van der Waals surface area contributed by atoms with Gasteiger partial charge in [-0.25, -0.2) is 4.72 Å². The van der Waals surface area contributed by atoms with E-state index >= 15 is 0 Å². The summed E-state index contributed by atoms with van der Waals surface area (Å²) >= 11 is 0. The summed E-state index contributed by atoms with van der Waals surface area (Å²) in [7, 11) is -3.12. The maximum Gasteiger partial charge on any atom is 0.280 e. The maximum atomic E-state index is 11.2. The molecule has 5 heteroatoms. The van der Waals surface area contributed by atoms with E-state index in [0.717, 1.165) is 6.42 Å². The highest BCUT2D eigenvalue weighted by molar-refractivity contribution is 7.87. The zero-order valence-corrected chi connectivity index (χ0v) is 6.84. The smallest absolute Gasteiger partial charge is 0.200 e. The Morgan fingerprint density at radius 2 is 2.27 bits per heavy atom. The summed E-state index contributed by atoms with van der Waals surface area (Å²) in [5.74, 6) is 0. The van der Waals surface area contributed by atoms with Gasteiger partial charge >= 0.3 is 0 Å². The minimum atomic E-state index is -3.12. The molecule has 0 saturated carbocycles. The zero-order valence-electron chi connectivity index (χ0n) is 6.03. The molecule has 2 rings (SSSR count). The first-order chi connectivity index (χ1) is 5.20. The first-order valence-electron chi connectivity index (χ1n) is 3.61. The van der Waals surface area contributed by atoms with Crippen LogP contribution in [0, 0.1) is 0 Å². The molecule has 1 atom stereocenters. The molecule has 1 N–H and O–H groups in total. The van der Waals surface area contributed by atoms with E-state index in [4.69, 9.17) is 0 Å². The van der Waals surface area contributed by atoms with Crippen LogP contribution in [0.2, 0.25) is 0 Å². The molecule has 0 spiro atoms. The van der Waals surface area contributed by atoms with Gasteiger partial charge in [0.05, 0.1) is 0 Å². The van der Waals surface area contributed by atoms with Gasteiger partial charge in [0.15, 0.2) is 0 Å². The van der Waals surface area contributed by atoms with Crippen LogP contribution < -0.4 is 4.72 Å². The third kappa shape index (κ3) is 1.09. The second kappa shape index (κ2) is 2.30. The Balaban J connectivity index is 2.32. The highest BCUT2D eigenvalue weighted by Crippen LogP contribution is 2.18. The quantitative estimate of drug-likeness (QED) is 0.502. The van der Waals surface area contributed by atoms with Crippen molar-refractivity contribution in [3.63, 3.8) is 0 Å². The van der Waals surface area contributed by atoms with Gasteiger partial charge in [0.2, 0.25) is 0 Å². The predicted octanol–water partition coefficient (Wildman–Crippen LogP) is -0.535. The van der Waals surface area contributed by atoms with Crippen molar-refractivity contribution in [2.24, 2.45) is 0 Å². The normalized spacial score (nSPS) is 35.5. The minimum Gasteiger partial charge on any atom is -0.200 e. The van der Waals surface area contributed by atoms with E-state index in [0.29, 0.717) is 13.1 Å². The summed E-state index contributed by atoms with van der Waals surface area (Å²) in [6, 6.07) is 0.157. The van der Waals surface area contributed by atoms with Gasteiger partial charge in [-0.3, -0.25) is 0 Å². The number of hydrogen-bond acceptors (Lipinski definition) is 2. The lowest BCUT2D eigenvalue weighted by Gasteiger charge is -2.21. The molecule has 0 amide bonds.